The summed E-state index contributed by atoms with van der Waals surface area (Å²) in [5, 5.41) is 3.63. The SMILES string of the molecule is COc1cc(CNCc2ccco2)ccc1OCc1c(F)cccc1Cl.[Cl-]. The smallest absolute Gasteiger partial charge is 0.161 e. The maximum Gasteiger partial charge on any atom is 0.161 e. The molecule has 1 heterocycles. The van der Waals surface area contributed by atoms with Crippen molar-refractivity contribution in [3.05, 3.63) is 82.5 Å². The van der Waals surface area contributed by atoms with Gasteiger partial charge in [-0.2, -0.15) is 0 Å². The summed E-state index contributed by atoms with van der Waals surface area (Å²) >= 11 is 6.03. The molecule has 3 rings (SSSR count). The molecule has 0 aliphatic carbocycles. The standard InChI is InChI=1S/C20H19ClFNO3.ClH/c1-24-20-10-14(11-23-12-15-4-3-9-25-15)7-8-19(20)26-13-16-17(21)5-2-6-18(16)22;/h2-10,23H,11-13H2,1H3;1H/p-1. The Bertz CT molecular complexity index is 836. The number of rotatable bonds is 8. The fourth-order valence-corrected chi connectivity index (χ4v) is 2.72. The molecule has 0 aliphatic rings. The first-order valence-electron chi connectivity index (χ1n) is 8.13. The van der Waals surface area contributed by atoms with Crippen LogP contribution in [0.2, 0.25) is 5.02 Å². The van der Waals surface area contributed by atoms with Crippen LogP contribution in [0.1, 0.15) is 16.9 Å². The number of hydrogen-bond acceptors (Lipinski definition) is 4. The highest BCUT2D eigenvalue weighted by atomic mass is 35.5. The zero-order valence-electron chi connectivity index (χ0n) is 14.7. The number of methoxy groups -OCH3 is 1. The van der Waals surface area contributed by atoms with Crippen LogP contribution in [0, 0.1) is 5.82 Å². The molecule has 2 aromatic carbocycles. The number of hydrogen-bond donors (Lipinski definition) is 1. The molecule has 0 radical (unpaired) electrons. The van der Waals surface area contributed by atoms with E-state index in [1.807, 2.05) is 24.3 Å². The van der Waals surface area contributed by atoms with Crippen molar-refractivity contribution in [3.8, 4) is 11.5 Å². The van der Waals surface area contributed by atoms with Gasteiger partial charge in [-0.05, 0) is 42.0 Å². The Kier molecular flexibility index (Phi) is 7.98. The number of furan rings is 1. The van der Waals surface area contributed by atoms with Crippen LogP contribution in [0.3, 0.4) is 0 Å². The van der Waals surface area contributed by atoms with Crippen LogP contribution in [-0.2, 0) is 19.7 Å². The van der Waals surface area contributed by atoms with E-state index in [0.29, 0.717) is 35.2 Å². The molecule has 4 nitrogen and oxygen atoms in total. The van der Waals surface area contributed by atoms with Crippen molar-refractivity contribution in [1.29, 1.82) is 0 Å². The van der Waals surface area contributed by atoms with Crippen LogP contribution in [0.5, 0.6) is 11.5 Å². The van der Waals surface area contributed by atoms with Gasteiger partial charge in [-0.3, -0.25) is 0 Å². The highest BCUT2D eigenvalue weighted by Crippen LogP contribution is 2.30. The van der Waals surface area contributed by atoms with Gasteiger partial charge in [0.05, 0.1) is 24.9 Å². The fraction of sp³-hybridized carbons (Fsp3) is 0.200. The molecule has 0 amide bonds. The zero-order valence-corrected chi connectivity index (χ0v) is 16.2. The largest absolute Gasteiger partial charge is 1.00 e. The number of nitrogens with one attached hydrogen (secondary N) is 1. The van der Waals surface area contributed by atoms with E-state index < -0.39 is 5.82 Å². The molecule has 1 aromatic heterocycles. The third-order valence-corrected chi connectivity index (χ3v) is 4.22. The molecular formula is C20H19Cl2FNO3-. The molecule has 0 spiro atoms. The Labute approximate surface area is 168 Å². The van der Waals surface area contributed by atoms with Gasteiger partial charge in [0, 0.05) is 12.1 Å². The van der Waals surface area contributed by atoms with E-state index in [9.17, 15) is 4.39 Å². The minimum atomic E-state index is -0.393. The average Bonchev–Trinajstić information content (AvgIpc) is 3.15. The molecule has 0 bridgehead atoms. The van der Waals surface area contributed by atoms with Gasteiger partial charge in [-0.1, -0.05) is 23.7 Å². The van der Waals surface area contributed by atoms with Crippen LogP contribution >= 0.6 is 11.6 Å². The number of ether oxygens (including phenoxy) is 2. The second kappa shape index (κ2) is 10.2. The molecule has 1 N–H and O–H groups in total. The van der Waals surface area contributed by atoms with Gasteiger partial charge in [0.25, 0.3) is 0 Å². The second-order valence-electron chi connectivity index (χ2n) is 5.66. The minimum Gasteiger partial charge on any atom is -1.00 e. The number of benzene rings is 2. The summed E-state index contributed by atoms with van der Waals surface area (Å²) in [6.45, 7) is 1.31. The van der Waals surface area contributed by atoms with Gasteiger partial charge in [0.1, 0.15) is 18.2 Å². The molecule has 0 unspecified atom stereocenters. The van der Waals surface area contributed by atoms with E-state index in [-0.39, 0.29) is 19.0 Å². The Morgan fingerprint density at radius 3 is 2.63 bits per heavy atom. The van der Waals surface area contributed by atoms with Crippen LogP contribution in [-0.4, -0.2) is 7.11 Å². The van der Waals surface area contributed by atoms with E-state index in [2.05, 4.69) is 5.32 Å². The summed E-state index contributed by atoms with van der Waals surface area (Å²) in [5.74, 6) is 1.59. The lowest BCUT2D eigenvalue weighted by Gasteiger charge is -2.13. The molecule has 0 saturated carbocycles. The second-order valence-corrected chi connectivity index (χ2v) is 6.06. The Balaban J connectivity index is 0.00000261. The Morgan fingerprint density at radius 2 is 1.93 bits per heavy atom. The quantitative estimate of drug-likeness (QED) is 0.616. The summed E-state index contributed by atoms with van der Waals surface area (Å²) in [6, 6.07) is 13.9. The number of halogens is 3. The van der Waals surface area contributed by atoms with Crippen molar-refractivity contribution in [1.82, 2.24) is 5.32 Å². The van der Waals surface area contributed by atoms with Gasteiger partial charge >= 0.3 is 0 Å². The molecule has 0 saturated heterocycles. The summed E-state index contributed by atoms with van der Waals surface area (Å²) in [5.41, 5.74) is 1.35. The first-order chi connectivity index (χ1) is 12.7. The molecule has 27 heavy (non-hydrogen) atoms. The van der Waals surface area contributed by atoms with E-state index in [1.165, 1.54) is 6.07 Å². The van der Waals surface area contributed by atoms with Crippen molar-refractivity contribution in [2.75, 3.05) is 7.11 Å². The molecule has 0 fully saturated rings. The summed E-state index contributed by atoms with van der Waals surface area (Å²) in [4.78, 5) is 0. The normalized spacial score (nSPS) is 10.3. The molecular weight excluding hydrogens is 392 g/mol. The van der Waals surface area contributed by atoms with Gasteiger partial charge in [0.2, 0.25) is 0 Å². The van der Waals surface area contributed by atoms with Crippen LogP contribution in [0.15, 0.2) is 59.2 Å². The lowest BCUT2D eigenvalue weighted by Crippen LogP contribution is -3.00. The highest BCUT2D eigenvalue weighted by molar-refractivity contribution is 6.31. The minimum absolute atomic E-state index is 0. The topological polar surface area (TPSA) is 43.6 Å². The predicted octanol–water partition coefficient (Wildman–Crippen LogP) is 1.95. The zero-order chi connectivity index (χ0) is 18.4. The monoisotopic (exact) mass is 410 g/mol. The fourth-order valence-electron chi connectivity index (χ4n) is 2.50. The van der Waals surface area contributed by atoms with E-state index >= 15 is 0 Å². The van der Waals surface area contributed by atoms with Gasteiger partial charge in [-0.15, -0.1) is 0 Å². The molecule has 7 heteroatoms. The molecule has 0 aliphatic heterocycles. The Hall–Kier alpha value is -2.21. The maximum atomic E-state index is 13.8. The van der Waals surface area contributed by atoms with E-state index in [1.54, 1.807) is 31.6 Å². The summed E-state index contributed by atoms with van der Waals surface area (Å²) in [6.07, 6.45) is 1.65. The van der Waals surface area contributed by atoms with Crippen molar-refractivity contribution >= 4 is 11.6 Å². The van der Waals surface area contributed by atoms with Crippen molar-refractivity contribution < 1.29 is 30.7 Å². The predicted molar refractivity (Wildman–Crippen MR) is 98.0 cm³/mol. The van der Waals surface area contributed by atoms with Gasteiger partial charge < -0.3 is 31.6 Å². The lowest BCUT2D eigenvalue weighted by atomic mass is 10.2. The van der Waals surface area contributed by atoms with Crippen LogP contribution in [0.4, 0.5) is 4.39 Å². The van der Waals surface area contributed by atoms with Crippen molar-refractivity contribution in [3.63, 3.8) is 0 Å². The van der Waals surface area contributed by atoms with Crippen LogP contribution in [0.25, 0.3) is 0 Å². The Morgan fingerprint density at radius 1 is 1.07 bits per heavy atom. The van der Waals surface area contributed by atoms with Crippen LogP contribution < -0.4 is 27.2 Å². The lowest BCUT2D eigenvalue weighted by molar-refractivity contribution is -0.00000690. The van der Waals surface area contributed by atoms with E-state index in [4.69, 9.17) is 25.5 Å². The summed E-state index contributed by atoms with van der Waals surface area (Å²) in [7, 11) is 1.57. The van der Waals surface area contributed by atoms with Gasteiger partial charge in [0.15, 0.2) is 11.5 Å². The van der Waals surface area contributed by atoms with Crippen molar-refractivity contribution in [2.24, 2.45) is 0 Å². The summed E-state index contributed by atoms with van der Waals surface area (Å²) < 4.78 is 30.2. The average molecular weight is 411 g/mol. The third-order valence-electron chi connectivity index (χ3n) is 3.87. The van der Waals surface area contributed by atoms with Gasteiger partial charge in [-0.25, -0.2) is 4.39 Å². The molecule has 144 valence electrons. The first-order valence-corrected chi connectivity index (χ1v) is 8.51. The third kappa shape index (κ3) is 5.63. The highest BCUT2D eigenvalue weighted by Gasteiger charge is 2.11. The van der Waals surface area contributed by atoms with Crippen molar-refractivity contribution in [2.45, 2.75) is 19.7 Å². The molecule has 0 atom stereocenters. The molecule has 3 aromatic rings. The maximum absolute atomic E-state index is 13.8. The first kappa shape index (κ1) is 21.1. The van der Waals surface area contributed by atoms with E-state index in [0.717, 1.165) is 11.3 Å².